The van der Waals surface area contributed by atoms with Crippen molar-refractivity contribution in [2.24, 2.45) is 14.1 Å². The molecule has 2 aromatic heterocycles. The van der Waals surface area contributed by atoms with E-state index in [1.165, 1.54) is 5.69 Å². The Morgan fingerprint density at radius 2 is 2.16 bits per heavy atom. The van der Waals surface area contributed by atoms with Crippen molar-refractivity contribution in [1.82, 2.24) is 24.4 Å². The van der Waals surface area contributed by atoms with E-state index < -0.39 is 0 Å². The van der Waals surface area contributed by atoms with E-state index in [-0.39, 0.29) is 0 Å². The highest BCUT2D eigenvalue weighted by Crippen LogP contribution is 2.18. The lowest BCUT2D eigenvalue weighted by Gasteiger charge is -2.18. The Bertz CT molecular complexity index is 499. The average molecular weight is 261 g/mol. The Labute approximate surface area is 114 Å². The summed E-state index contributed by atoms with van der Waals surface area (Å²) in [5, 5.41) is 3.60. The van der Waals surface area contributed by atoms with Gasteiger partial charge in [0, 0.05) is 45.1 Å². The number of hydrogen-bond donors (Lipinski definition) is 1. The van der Waals surface area contributed by atoms with Gasteiger partial charge in [-0.3, -0.25) is 0 Å². The van der Waals surface area contributed by atoms with Crippen LogP contribution in [0.25, 0.3) is 0 Å². The number of imidazole rings is 2. The maximum atomic E-state index is 4.38. The molecule has 0 fully saturated rings. The average Bonchev–Trinajstić information content (AvgIpc) is 2.99. The predicted molar refractivity (Wildman–Crippen MR) is 75.8 cm³/mol. The summed E-state index contributed by atoms with van der Waals surface area (Å²) in [6, 6.07) is 0.337. The van der Waals surface area contributed by atoms with Gasteiger partial charge in [0.15, 0.2) is 0 Å². The van der Waals surface area contributed by atoms with E-state index in [0.717, 1.165) is 31.6 Å². The van der Waals surface area contributed by atoms with Crippen LogP contribution in [-0.2, 0) is 20.5 Å². The second-order valence-electron chi connectivity index (χ2n) is 4.93. The van der Waals surface area contributed by atoms with Crippen molar-refractivity contribution >= 4 is 0 Å². The van der Waals surface area contributed by atoms with Gasteiger partial charge in [0.25, 0.3) is 0 Å². The molecule has 0 amide bonds. The number of nitrogens with zero attached hydrogens (tertiary/aromatic N) is 4. The molecule has 104 valence electrons. The number of hydrogen-bond acceptors (Lipinski definition) is 3. The Morgan fingerprint density at radius 1 is 1.32 bits per heavy atom. The standard InChI is InChI=1S/C14H23N5/c1-4-7-16-12(13-10-15-11-19(13)3)5-6-14-17-8-9-18(14)2/h8-12,16H,4-7H2,1-3H3. The van der Waals surface area contributed by atoms with Gasteiger partial charge in [-0.15, -0.1) is 0 Å². The van der Waals surface area contributed by atoms with Gasteiger partial charge in [0.2, 0.25) is 0 Å². The quantitative estimate of drug-likeness (QED) is 0.827. The van der Waals surface area contributed by atoms with E-state index in [0.29, 0.717) is 6.04 Å². The zero-order valence-electron chi connectivity index (χ0n) is 12.0. The van der Waals surface area contributed by atoms with Crippen LogP contribution in [0.4, 0.5) is 0 Å². The van der Waals surface area contributed by atoms with Crippen molar-refractivity contribution in [3.63, 3.8) is 0 Å². The molecule has 0 saturated carbocycles. The molecule has 1 unspecified atom stereocenters. The molecule has 0 radical (unpaired) electrons. The summed E-state index contributed by atoms with van der Waals surface area (Å²) in [4.78, 5) is 8.60. The summed E-state index contributed by atoms with van der Waals surface area (Å²) in [6.45, 7) is 3.21. The lowest BCUT2D eigenvalue weighted by atomic mass is 10.1. The van der Waals surface area contributed by atoms with Gasteiger partial charge in [-0.1, -0.05) is 6.92 Å². The normalized spacial score (nSPS) is 12.8. The first kappa shape index (κ1) is 13.8. The molecule has 5 heteroatoms. The van der Waals surface area contributed by atoms with Crippen LogP contribution >= 0.6 is 0 Å². The second-order valence-corrected chi connectivity index (χ2v) is 4.93. The van der Waals surface area contributed by atoms with Crippen LogP contribution in [-0.4, -0.2) is 25.6 Å². The summed E-state index contributed by atoms with van der Waals surface area (Å²) in [7, 11) is 4.09. The molecular weight excluding hydrogens is 238 g/mol. The van der Waals surface area contributed by atoms with Crippen molar-refractivity contribution in [1.29, 1.82) is 0 Å². The van der Waals surface area contributed by atoms with Gasteiger partial charge < -0.3 is 14.5 Å². The van der Waals surface area contributed by atoms with Crippen molar-refractivity contribution in [3.05, 3.63) is 36.4 Å². The third-order valence-corrected chi connectivity index (χ3v) is 3.43. The highest BCUT2D eigenvalue weighted by atomic mass is 15.1. The molecule has 0 saturated heterocycles. The Balaban J connectivity index is 2.02. The van der Waals surface area contributed by atoms with Crippen molar-refractivity contribution in [3.8, 4) is 0 Å². The van der Waals surface area contributed by atoms with E-state index in [9.17, 15) is 0 Å². The first-order valence-corrected chi connectivity index (χ1v) is 6.88. The minimum Gasteiger partial charge on any atom is -0.338 e. The van der Waals surface area contributed by atoms with Crippen molar-refractivity contribution in [2.75, 3.05) is 6.54 Å². The molecule has 2 aromatic rings. The first-order valence-electron chi connectivity index (χ1n) is 6.88. The topological polar surface area (TPSA) is 47.7 Å². The lowest BCUT2D eigenvalue weighted by Crippen LogP contribution is -2.24. The number of aromatic nitrogens is 4. The van der Waals surface area contributed by atoms with Gasteiger partial charge >= 0.3 is 0 Å². The lowest BCUT2D eigenvalue weighted by molar-refractivity contribution is 0.470. The summed E-state index contributed by atoms with van der Waals surface area (Å²) in [5.74, 6) is 1.13. The van der Waals surface area contributed by atoms with E-state index in [1.807, 2.05) is 39.0 Å². The van der Waals surface area contributed by atoms with Gasteiger partial charge in [0.05, 0.1) is 12.0 Å². The summed E-state index contributed by atoms with van der Waals surface area (Å²) >= 11 is 0. The monoisotopic (exact) mass is 261 g/mol. The van der Waals surface area contributed by atoms with Crippen LogP contribution in [0.5, 0.6) is 0 Å². The van der Waals surface area contributed by atoms with Gasteiger partial charge in [0.1, 0.15) is 5.82 Å². The summed E-state index contributed by atoms with van der Waals surface area (Å²) in [6.07, 6.45) is 10.8. The summed E-state index contributed by atoms with van der Waals surface area (Å²) < 4.78 is 4.17. The van der Waals surface area contributed by atoms with Gasteiger partial charge in [-0.25, -0.2) is 9.97 Å². The highest BCUT2D eigenvalue weighted by molar-refractivity contribution is 5.06. The van der Waals surface area contributed by atoms with Gasteiger partial charge in [-0.05, 0) is 19.4 Å². The molecular formula is C14H23N5. The minimum atomic E-state index is 0.337. The zero-order chi connectivity index (χ0) is 13.7. The van der Waals surface area contributed by atoms with Crippen molar-refractivity contribution in [2.45, 2.75) is 32.2 Å². The fourth-order valence-electron chi connectivity index (χ4n) is 2.29. The highest BCUT2D eigenvalue weighted by Gasteiger charge is 2.15. The first-order chi connectivity index (χ1) is 9.22. The molecule has 0 aliphatic heterocycles. The molecule has 0 aliphatic carbocycles. The molecule has 0 bridgehead atoms. The molecule has 0 aliphatic rings. The third kappa shape index (κ3) is 3.44. The van der Waals surface area contributed by atoms with Crippen LogP contribution in [0, 0.1) is 0 Å². The fourth-order valence-corrected chi connectivity index (χ4v) is 2.29. The molecule has 1 atom stereocenters. The van der Waals surface area contributed by atoms with Crippen LogP contribution in [0.2, 0.25) is 0 Å². The van der Waals surface area contributed by atoms with Crippen LogP contribution in [0.1, 0.15) is 37.3 Å². The Hall–Kier alpha value is -1.62. The molecule has 2 rings (SSSR count). The van der Waals surface area contributed by atoms with Crippen LogP contribution in [0.15, 0.2) is 24.9 Å². The SMILES string of the molecule is CCCNC(CCc1nccn1C)c1cncn1C. The molecule has 0 aromatic carbocycles. The third-order valence-electron chi connectivity index (χ3n) is 3.43. The number of nitrogens with one attached hydrogen (secondary N) is 1. The molecule has 0 spiro atoms. The molecule has 5 nitrogen and oxygen atoms in total. The smallest absolute Gasteiger partial charge is 0.108 e. The fraction of sp³-hybridized carbons (Fsp3) is 0.571. The second kappa shape index (κ2) is 6.52. The largest absolute Gasteiger partial charge is 0.338 e. The maximum Gasteiger partial charge on any atom is 0.108 e. The maximum absolute atomic E-state index is 4.38. The molecule has 19 heavy (non-hydrogen) atoms. The Morgan fingerprint density at radius 3 is 2.74 bits per heavy atom. The Kier molecular flexibility index (Phi) is 4.74. The minimum absolute atomic E-state index is 0.337. The molecule has 2 heterocycles. The van der Waals surface area contributed by atoms with E-state index >= 15 is 0 Å². The van der Waals surface area contributed by atoms with Gasteiger partial charge in [-0.2, -0.15) is 0 Å². The zero-order valence-corrected chi connectivity index (χ0v) is 12.0. The van der Waals surface area contributed by atoms with Crippen LogP contribution < -0.4 is 5.32 Å². The van der Waals surface area contributed by atoms with E-state index in [4.69, 9.17) is 0 Å². The van der Waals surface area contributed by atoms with Crippen molar-refractivity contribution < 1.29 is 0 Å². The number of aryl methyl sites for hydroxylation is 3. The number of rotatable bonds is 7. The van der Waals surface area contributed by atoms with Crippen LogP contribution in [0.3, 0.4) is 0 Å². The van der Waals surface area contributed by atoms with E-state index in [2.05, 4.69) is 31.3 Å². The van der Waals surface area contributed by atoms with E-state index in [1.54, 1.807) is 0 Å². The molecule has 1 N–H and O–H groups in total. The predicted octanol–water partition coefficient (Wildman–Crippen LogP) is 1.83. The summed E-state index contributed by atoms with van der Waals surface area (Å²) in [5.41, 5.74) is 1.24.